The first kappa shape index (κ1) is 33.1. The zero-order valence-corrected chi connectivity index (χ0v) is 28.4. The van der Waals surface area contributed by atoms with Crippen molar-refractivity contribution in [2.75, 3.05) is 43.7 Å². The quantitative estimate of drug-likeness (QED) is 0.158. The summed E-state index contributed by atoms with van der Waals surface area (Å²) in [5, 5.41) is 3.85. The molecule has 1 saturated carbocycles. The number of carbonyl (C=O) groups is 1. The largest absolute Gasteiger partial charge is 0.497 e. The maximum atomic E-state index is 12.1. The zero-order chi connectivity index (χ0) is 32.8. The smallest absolute Gasteiger partial charge is 0.407 e. The molecule has 10 nitrogen and oxygen atoms in total. The SMILES string of the molecule is COc1ccc(CN(C)c2ncnc3c2ccn3[C@@H]2C[C@H](CSCCCOC(=O)NCCc3ccccc3)[C@H]3OC(C)(C)O[C@H]32)cc1. The maximum Gasteiger partial charge on any atom is 0.407 e. The number of rotatable bonds is 14. The van der Waals surface area contributed by atoms with Gasteiger partial charge in [-0.2, -0.15) is 11.8 Å². The molecule has 47 heavy (non-hydrogen) atoms. The fourth-order valence-electron chi connectivity index (χ4n) is 6.67. The molecule has 1 N–H and O–H groups in total. The van der Waals surface area contributed by atoms with Crippen molar-refractivity contribution in [1.29, 1.82) is 0 Å². The molecule has 11 heteroatoms. The Kier molecular flexibility index (Phi) is 10.5. The molecule has 1 amide bonds. The highest BCUT2D eigenvalue weighted by atomic mass is 32.2. The lowest BCUT2D eigenvalue weighted by molar-refractivity contribution is -0.159. The van der Waals surface area contributed by atoms with Crippen LogP contribution in [0.25, 0.3) is 11.0 Å². The molecule has 4 aromatic rings. The van der Waals surface area contributed by atoms with Crippen molar-refractivity contribution in [2.45, 2.75) is 63.7 Å². The minimum atomic E-state index is -0.639. The predicted octanol–water partition coefficient (Wildman–Crippen LogP) is 6.25. The summed E-state index contributed by atoms with van der Waals surface area (Å²) in [6.07, 6.45) is 5.88. The van der Waals surface area contributed by atoms with E-state index in [1.54, 1.807) is 13.4 Å². The molecule has 2 fully saturated rings. The molecule has 0 bridgehead atoms. The summed E-state index contributed by atoms with van der Waals surface area (Å²) in [5.41, 5.74) is 3.27. The molecule has 1 aliphatic carbocycles. The average molecular weight is 660 g/mol. The van der Waals surface area contributed by atoms with Crippen LogP contribution in [0.2, 0.25) is 0 Å². The summed E-state index contributed by atoms with van der Waals surface area (Å²) in [6, 6.07) is 20.4. The summed E-state index contributed by atoms with van der Waals surface area (Å²) in [4.78, 5) is 23.6. The van der Waals surface area contributed by atoms with Gasteiger partial charge in [0, 0.05) is 26.3 Å². The number of anilines is 1. The van der Waals surface area contributed by atoms with Crippen LogP contribution < -0.4 is 15.0 Å². The van der Waals surface area contributed by atoms with Gasteiger partial charge in [0.15, 0.2) is 5.79 Å². The summed E-state index contributed by atoms with van der Waals surface area (Å²) >= 11 is 1.88. The van der Waals surface area contributed by atoms with Gasteiger partial charge in [0.05, 0.1) is 31.2 Å². The Hall–Kier alpha value is -3.80. The molecule has 4 atom stereocenters. The number of methoxy groups -OCH3 is 1. The van der Waals surface area contributed by atoms with Gasteiger partial charge in [-0.1, -0.05) is 42.5 Å². The van der Waals surface area contributed by atoms with Gasteiger partial charge in [0.25, 0.3) is 0 Å². The molecular weight excluding hydrogens is 614 g/mol. The number of nitrogens with one attached hydrogen (secondary N) is 1. The molecular formula is C36H45N5O5S. The Bertz CT molecular complexity index is 1620. The fraction of sp³-hybridized carbons (Fsp3) is 0.472. The second-order valence-corrected chi connectivity index (χ2v) is 13.9. The summed E-state index contributed by atoms with van der Waals surface area (Å²) in [5.74, 6) is 3.28. The van der Waals surface area contributed by atoms with E-state index in [0.717, 1.165) is 53.4 Å². The first-order chi connectivity index (χ1) is 22.8. The minimum Gasteiger partial charge on any atom is -0.497 e. The third-order valence-electron chi connectivity index (χ3n) is 8.86. The van der Waals surface area contributed by atoms with Crippen LogP contribution in [0, 0.1) is 5.92 Å². The zero-order valence-electron chi connectivity index (χ0n) is 27.6. The highest BCUT2D eigenvalue weighted by Crippen LogP contribution is 2.48. The van der Waals surface area contributed by atoms with Crippen molar-refractivity contribution in [1.82, 2.24) is 19.9 Å². The van der Waals surface area contributed by atoms with Crippen LogP contribution in [-0.2, 0) is 27.2 Å². The molecule has 1 saturated heterocycles. The molecule has 0 radical (unpaired) electrons. The number of hydrogen-bond acceptors (Lipinski definition) is 9. The van der Waals surface area contributed by atoms with Gasteiger partial charge in [0.1, 0.15) is 29.6 Å². The van der Waals surface area contributed by atoms with Gasteiger partial charge >= 0.3 is 6.09 Å². The van der Waals surface area contributed by atoms with Crippen LogP contribution in [0.1, 0.15) is 43.9 Å². The van der Waals surface area contributed by atoms with E-state index in [1.165, 1.54) is 11.1 Å². The van der Waals surface area contributed by atoms with Crippen LogP contribution in [0.5, 0.6) is 5.75 Å². The number of alkyl carbamates (subject to hydrolysis) is 1. The number of fused-ring (bicyclic) bond motifs is 2. The molecule has 6 rings (SSSR count). The standard InChI is InChI=1S/C36H45N5O5S/c1-36(2)45-31-27(23-47-20-8-19-44-35(42)37-17-15-25-9-6-5-7-10-25)21-30(32(31)46-36)41-18-16-29-33(38-24-39-34(29)41)40(3)22-26-11-13-28(43-4)14-12-26/h5-7,9-14,16,18,24,27,30-32H,8,15,17,19-23H2,1-4H3,(H,37,42)/t27-,30-,31-,32+/m1/s1. The Morgan fingerprint density at radius 1 is 1.06 bits per heavy atom. The van der Waals surface area contributed by atoms with Crippen molar-refractivity contribution >= 4 is 34.7 Å². The lowest BCUT2D eigenvalue weighted by Gasteiger charge is -2.24. The van der Waals surface area contributed by atoms with Gasteiger partial charge in [-0.15, -0.1) is 0 Å². The summed E-state index contributed by atoms with van der Waals surface area (Å²) < 4.78 is 26.0. The van der Waals surface area contributed by atoms with E-state index in [2.05, 4.69) is 63.3 Å². The molecule has 2 aromatic carbocycles. The van der Waals surface area contributed by atoms with Gasteiger partial charge < -0.3 is 33.7 Å². The Balaban J connectivity index is 1.02. The van der Waals surface area contributed by atoms with Crippen LogP contribution in [0.15, 0.2) is 73.2 Å². The minimum absolute atomic E-state index is 0.00523. The molecule has 250 valence electrons. The van der Waals surface area contributed by atoms with Crippen molar-refractivity contribution in [3.63, 3.8) is 0 Å². The van der Waals surface area contributed by atoms with Crippen LogP contribution in [0.4, 0.5) is 10.6 Å². The predicted molar refractivity (Wildman–Crippen MR) is 185 cm³/mol. The van der Waals surface area contributed by atoms with Crippen molar-refractivity contribution in [3.8, 4) is 5.75 Å². The number of ether oxygens (including phenoxy) is 4. The first-order valence-corrected chi connectivity index (χ1v) is 17.5. The summed E-state index contributed by atoms with van der Waals surface area (Å²) in [6.45, 7) is 5.67. The number of nitrogens with zero attached hydrogens (tertiary/aromatic N) is 4. The Labute approximate surface area is 281 Å². The number of benzene rings is 2. The molecule has 2 aromatic heterocycles. The van der Waals surface area contributed by atoms with Crippen LogP contribution in [0.3, 0.4) is 0 Å². The summed E-state index contributed by atoms with van der Waals surface area (Å²) in [7, 11) is 3.73. The first-order valence-electron chi connectivity index (χ1n) is 16.3. The molecule has 3 heterocycles. The number of amides is 1. The second kappa shape index (κ2) is 15.0. The highest BCUT2D eigenvalue weighted by molar-refractivity contribution is 7.99. The van der Waals surface area contributed by atoms with Crippen LogP contribution in [-0.4, -0.2) is 77.4 Å². The Morgan fingerprint density at radius 2 is 1.85 bits per heavy atom. The number of thioether (sulfide) groups is 1. The third kappa shape index (κ3) is 8.02. The van der Waals surface area contributed by atoms with E-state index >= 15 is 0 Å². The highest BCUT2D eigenvalue weighted by Gasteiger charge is 2.54. The van der Waals surface area contributed by atoms with E-state index in [-0.39, 0.29) is 24.3 Å². The lowest BCUT2D eigenvalue weighted by atomic mass is 10.1. The number of carbonyl (C=O) groups excluding carboxylic acids is 1. The van der Waals surface area contributed by atoms with Gasteiger partial charge in [0.2, 0.25) is 0 Å². The van der Waals surface area contributed by atoms with Gasteiger partial charge in [-0.25, -0.2) is 14.8 Å². The van der Waals surface area contributed by atoms with Gasteiger partial charge in [-0.05, 0) is 79.9 Å². The molecule has 0 spiro atoms. The van der Waals surface area contributed by atoms with Crippen molar-refractivity contribution < 1.29 is 23.7 Å². The van der Waals surface area contributed by atoms with E-state index in [9.17, 15) is 4.79 Å². The second-order valence-electron chi connectivity index (χ2n) is 12.7. The van der Waals surface area contributed by atoms with Crippen molar-refractivity contribution in [3.05, 3.63) is 84.3 Å². The van der Waals surface area contributed by atoms with E-state index < -0.39 is 5.79 Å². The monoisotopic (exact) mass is 659 g/mol. The van der Waals surface area contributed by atoms with E-state index in [0.29, 0.717) is 25.6 Å². The maximum absolute atomic E-state index is 12.1. The van der Waals surface area contributed by atoms with Crippen molar-refractivity contribution in [2.24, 2.45) is 5.92 Å². The van der Waals surface area contributed by atoms with E-state index in [1.807, 2.05) is 55.9 Å². The number of hydrogen-bond donors (Lipinski definition) is 1. The molecule has 1 aliphatic heterocycles. The van der Waals surface area contributed by atoms with Gasteiger partial charge in [-0.3, -0.25) is 0 Å². The molecule has 0 unspecified atom stereocenters. The fourth-order valence-corrected chi connectivity index (χ4v) is 7.78. The van der Waals surface area contributed by atoms with Crippen LogP contribution >= 0.6 is 11.8 Å². The third-order valence-corrected chi connectivity index (χ3v) is 10.1. The lowest BCUT2D eigenvalue weighted by Crippen LogP contribution is -2.27. The normalized spacial score (nSPS) is 21.4. The van der Waals surface area contributed by atoms with E-state index in [4.69, 9.17) is 23.9 Å². The topological polar surface area (TPSA) is 100.0 Å². The average Bonchev–Trinajstić information content (AvgIpc) is 3.74. The Morgan fingerprint density at radius 3 is 2.64 bits per heavy atom. The number of aromatic nitrogens is 3. The molecule has 2 aliphatic rings.